The predicted molar refractivity (Wildman–Crippen MR) is 119 cm³/mol. The van der Waals surface area contributed by atoms with Crippen molar-refractivity contribution < 1.29 is 18.6 Å². The van der Waals surface area contributed by atoms with Crippen molar-refractivity contribution in [2.75, 3.05) is 19.8 Å². The van der Waals surface area contributed by atoms with Crippen molar-refractivity contribution in [1.82, 2.24) is 10.3 Å². The Labute approximate surface area is 187 Å². The second-order valence-corrected chi connectivity index (χ2v) is 7.16. The fraction of sp³-hybridized carbons (Fsp3) is 0.292. The van der Waals surface area contributed by atoms with E-state index in [4.69, 9.17) is 25.8 Å². The van der Waals surface area contributed by atoms with Gasteiger partial charge >= 0.3 is 0 Å². The van der Waals surface area contributed by atoms with Gasteiger partial charge in [-0.25, -0.2) is 9.37 Å². The molecule has 0 aliphatic rings. The van der Waals surface area contributed by atoms with Crippen molar-refractivity contribution in [3.8, 4) is 17.4 Å². The van der Waals surface area contributed by atoms with Crippen LogP contribution < -0.4 is 19.5 Å². The summed E-state index contributed by atoms with van der Waals surface area (Å²) in [4.78, 5) is 4.12. The number of aromatic nitrogens is 1. The number of rotatable bonds is 12. The Morgan fingerprint density at radius 2 is 1.77 bits per heavy atom. The molecule has 3 aromatic rings. The largest absolute Gasteiger partial charge is 0.490 e. The molecule has 0 saturated carbocycles. The highest BCUT2D eigenvalue weighted by molar-refractivity contribution is 6.31. The highest BCUT2D eigenvalue weighted by atomic mass is 35.5. The zero-order valence-corrected chi connectivity index (χ0v) is 18.2. The van der Waals surface area contributed by atoms with Crippen molar-refractivity contribution in [2.24, 2.45) is 0 Å². The lowest BCUT2D eigenvalue weighted by molar-refractivity contribution is 0.265. The van der Waals surface area contributed by atoms with Gasteiger partial charge in [-0.15, -0.1) is 0 Å². The summed E-state index contributed by atoms with van der Waals surface area (Å²) in [6.45, 7) is 4.39. The predicted octanol–water partition coefficient (Wildman–Crippen LogP) is 5.41. The van der Waals surface area contributed by atoms with Gasteiger partial charge in [-0.1, -0.05) is 35.9 Å². The van der Waals surface area contributed by atoms with Gasteiger partial charge in [0, 0.05) is 35.5 Å². The lowest BCUT2D eigenvalue weighted by atomic mass is 10.2. The maximum atomic E-state index is 13.9. The Morgan fingerprint density at radius 3 is 2.55 bits per heavy atom. The van der Waals surface area contributed by atoms with Crippen LogP contribution in [0, 0.1) is 5.82 Å². The summed E-state index contributed by atoms with van der Waals surface area (Å²) in [7, 11) is 0. The third-order valence-corrected chi connectivity index (χ3v) is 4.81. The molecule has 0 aliphatic carbocycles. The Balaban J connectivity index is 1.52. The first-order chi connectivity index (χ1) is 15.2. The summed E-state index contributed by atoms with van der Waals surface area (Å²) >= 11 is 6.45. The molecule has 0 radical (unpaired) electrons. The van der Waals surface area contributed by atoms with E-state index in [1.54, 1.807) is 30.5 Å². The van der Waals surface area contributed by atoms with Crippen molar-refractivity contribution in [3.63, 3.8) is 0 Å². The molecule has 5 nitrogen and oxygen atoms in total. The Bertz CT molecular complexity index is 957. The van der Waals surface area contributed by atoms with Crippen LogP contribution in [0.5, 0.6) is 17.4 Å². The first-order valence-corrected chi connectivity index (χ1v) is 10.6. The van der Waals surface area contributed by atoms with E-state index < -0.39 is 0 Å². The van der Waals surface area contributed by atoms with Gasteiger partial charge in [0.2, 0.25) is 5.88 Å². The first-order valence-electron chi connectivity index (χ1n) is 10.2. The van der Waals surface area contributed by atoms with E-state index >= 15 is 0 Å². The van der Waals surface area contributed by atoms with Gasteiger partial charge in [-0.05, 0) is 43.7 Å². The molecule has 0 saturated heterocycles. The molecule has 164 valence electrons. The van der Waals surface area contributed by atoms with E-state index in [0.717, 1.165) is 18.5 Å². The molecule has 0 bridgehead atoms. The van der Waals surface area contributed by atoms with Crippen molar-refractivity contribution in [2.45, 2.75) is 26.5 Å². The van der Waals surface area contributed by atoms with Gasteiger partial charge in [0.25, 0.3) is 0 Å². The molecule has 31 heavy (non-hydrogen) atoms. The SMILES string of the molecule is CCOc1cc(CNCCCOc2ccccn2)c(Cl)cc1OCc1ccccc1F. The zero-order chi connectivity index (χ0) is 21.9. The number of ether oxygens (including phenoxy) is 3. The molecule has 0 spiro atoms. The van der Waals surface area contributed by atoms with Crippen LogP contribution in [-0.2, 0) is 13.2 Å². The van der Waals surface area contributed by atoms with Crippen LogP contribution in [0.15, 0.2) is 60.8 Å². The quantitative estimate of drug-likeness (QED) is 0.378. The number of nitrogens with zero attached hydrogens (tertiary/aromatic N) is 1. The van der Waals surface area contributed by atoms with Crippen molar-refractivity contribution in [1.29, 1.82) is 0 Å². The van der Waals surface area contributed by atoms with E-state index in [0.29, 0.717) is 47.7 Å². The summed E-state index contributed by atoms with van der Waals surface area (Å²) < 4.78 is 30.9. The normalized spacial score (nSPS) is 10.7. The fourth-order valence-electron chi connectivity index (χ4n) is 2.89. The first kappa shape index (κ1) is 22.8. The molecule has 7 heteroatoms. The van der Waals surface area contributed by atoms with Crippen LogP contribution in [0.1, 0.15) is 24.5 Å². The highest BCUT2D eigenvalue weighted by Gasteiger charge is 2.12. The Kier molecular flexibility index (Phi) is 8.94. The average Bonchev–Trinajstić information content (AvgIpc) is 2.78. The summed E-state index contributed by atoms with van der Waals surface area (Å²) in [6, 6.07) is 15.7. The van der Waals surface area contributed by atoms with Crippen molar-refractivity contribution >= 4 is 11.6 Å². The third-order valence-electron chi connectivity index (χ3n) is 4.45. The summed E-state index contributed by atoms with van der Waals surface area (Å²) in [6.07, 6.45) is 2.53. The molecule has 0 unspecified atom stereocenters. The minimum atomic E-state index is -0.306. The molecular weight excluding hydrogens is 419 g/mol. The standard InChI is InChI=1S/C24H26ClFN2O3/c1-2-29-22-14-19(16-27-11-7-13-30-24-10-5-6-12-28-24)20(25)15-23(22)31-17-18-8-3-4-9-21(18)26/h3-6,8-10,12,14-15,27H,2,7,11,13,16-17H2,1H3. The second kappa shape index (κ2) is 12.1. The average molecular weight is 445 g/mol. The van der Waals surface area contributed by atoms with E-state index in [9.17, 15) is 4.39 Å². The lowest BCUT2D eigenvalue weighted by Crippen LogP contribution is -2.17. The smallest absolute Gasteiger partial charge is 0.213 e. The minimum absolute atomic E-state index is 0.0942. The second-order valence-electron chi connectivity index (χ2n) is 6.75. The van der Waals surface area contributed by atoms with Gasteiger partial charge in [-0.2, -0.15) is 0 Å². The third kappa shape index (κ3) is 7.12. The topological polar surface area (TPSA) is 52.6 Å². The van der Waals surface area contributed by atoms with Gasteiger partial charge in [0.05, 0.1) is 13.2 Å². The number of hydrogen-bond acceptors (Lipinski definition) is 5. The number of halogens is 2. The molecule has 2 aromatic carbocycles. The molecule has 0 aliphatic heterocycles. The molecule has 1 heterocycles. The molecular formula is C24H26ClFN2O3. The zero-order valence-electron chi connectivity index (χ0n) is 17.4. The monoisotopic (exact) mass is 444 g/mol. The number of benzene rings is 2. The Morgan fingerprint density at radius 1 is 0.968 bits per heavy atom. The summed E-state index contributed by atoms with van der Waals surface area (Å²) in [5.74, 6) is 1.39. The minimum Gasteiger partial charge on any atom is -0.490 e. The van der Waals surface area contributed by atoms with E-state index in [1.165, 1.54) is 6.07 Å². The van der Waals surface area contributed by atoms with Gasteiger partial charge in [-0.3, -0.25) is 0 Å². The molecule has 1 aromatic heterocycles. The lowest BCUT2D eigenvalue weighted by Gasteiger charge is -2.15. The maximum absolute atomic E-state index is 13.9. The summed E-state index contributed by atoms with van der Waals surface area (Å²) in [5, 5.41) is 3.91. The summed E-state index contributed by atoms with van der Waals surface area (Å²) in [5.41, 5.74) is 1.37. The molecule has 1 N–H and O–H groups in total. The van der Waals surface area contributed by atoms with Gasteiger partial charge in [0.15, 0.2) is 11.5 Å². The van der Waals surface area contributed by atoms with Gasteiger partial charge < -0.3 is 19.5 Å². The maximum Gasteiger partial charge on any atom is 0.213 e. The van der Waals surface area contributed by atoms with Crippen LogP contribution in [0.25, 0.3) is 0 Å². The highest BCUT2D eigenvalue weighted by Crippen LogP contribution is 2.34. The van der Waals surface area contributed by atoms with Crippen LogP contribution in [0.2, 0.25) is 5.02 Å². The van der Waals surface area contributed by atoms with E-state index in [-0.39, 0.29) is 12.4 Å². The Hall–Kier alpha value is -2.83. The molecule has 3 rings (SSSR count). The number of hydrogen-bond donors (Lipinski definition) is 1. The van der Waals surface area contributed by atoms with Crippen LogP contribution in [-0.4, -0.2) is 24.7 Å². The van der Waals surface area contributed by atoms with Crippen LogP contribution in [0.3, 0.4) is 0 Å². The van der Waals surface area contributed by atoms with Crippen LogP contribution >= 0.6 is 11.6 Å². The molecule has 0 atom stereocenters. The number of pyridine rings is 1. The molecule has 0 fully saturated rings. The molecule has 0 amide bonds. The fourth-order valence-corrected chi connectivity index (χ4v) is 3.11. The number of nitrogens with one attached hydrogen (secondary N) is 1. The van der Waals surface area contributed by atoms with Crippen LogP contribution in [0.4, 0.5) is 4.39 Å². The van der Waals surface area contributed by atoms with E-state index in [2.05, 4.69) is 10.3 Å². The van der Waals surface area contributed by atoms with Crippen molar-refractivity contribution in [3.05, 3.63) is 82.8 Å². The van der Waals surface area contributed by atoms with Gasteiger partial charge in [0.1, 0.15) is 12.4 Å². The van der Waals surface area contributed by atoms with E-state index in [1.807, 2.05) is 31.2 Å².